The summed E-state index contributed by atoms with van der Waals surface area (Å²) in [5.41, 5.74) is 1.29. The van der Waals surface area contributed by atoms with Crippen LogP contribution in [0.1, 0.15) is 12.0 Å². The first kappa shape index (κ1) is 20.4. The minimum Gasteiger partial charge on any atom is -0.476 e. The van der Waals surface area contributed by atoms with Gasteiger partial charge in [-0.1, -0.05) is 23.7 Å². The molecule has 0 aliphatic carbocycles. The maximum absolute atomic E-state index is 12.9. The van der Waals surface area contributed by atoms with Crippen molar-refractivity contribution in [1.29, 1.82) is 0 Å². The molecule has 1 atom stereocenters. The number of ether oxygens (including phenoxy) is 1. The molecule has 6 nitrogen and oxygen atoms in total. The zero-order valence-corrected chi connectivity index (χ0v) is 16.8. The number of rotatable bonds is 6. The normalized spacial score (nSPS) is 16.2. The first-order chi connectivity index (χ1) is 13.2. The van der Waals surface area contributed by atoms with Crippen LogP contribution in [0.3, 0.4) is 0 Å². The van der Waals surface area contributed by atoms with E-state index in [2.05, 4.69) is 5.32 Å². The second kappa shape index (κ2) is 8.36. The first-order valence-electron chi connectivity index (χ1n) is 8.70. The van der Waals surface area contributed by atoms with E-state index in [4.69, 9.17) is 16.3 Å². The van der Waals surface area contributed by atoms with Crippen molar-refractivity contribution in [3.05, 3.63) is 58.9 Å². The second-order valence-electron chi connectivity index (χ2n) is 6.53. The predicted octanol–water partition coefficient (Wildman–Crippen LogP) is 2.76. The Bertz CT molecular complexity index is 966. The molecule has 150 valence electrons. The van der Waals surface area contributed by atoms with Gasteiger partial charge in [0.1, 0.15) is 11.6 Å². The van der Waals surface area contributed by atoms with Crippen LogP contribution >= 0.6 is 11.6 Å². The number of aryl methyl sites for hydroxylation is 1. The zero-order valence-electron chi connectivity index (χ0n) is 15.2. The molecule has 0 saturated heterocycles. The first-order valence-corrected chi connectivity index (χ1v) is 10.9. The molecule has 2 aromatic rings. The molecule has 1 heterocycles. The Morgan fingerprint density at radius 3 is 2.68 bits per heavy atom. The number of nitrogens with zero attached hydrogens (tertiary/aromatic N) is 1. The summed E-state index contributed by atoms with van der Waals surface area (Å²) in [6, 6.07) is 10.8. The number of hydrogen-bond acceptors (Lipinski definition) is 4. The van der Waals surface area contributed by atoms with Gasteiger partial charge in [-0.15, -0.1) is 0 Å². The molecule has 1 aliphatic heterocycles. The van der Waals surface area contributed by atoms with Gasteiger partial charge in [0.2, 0.25) is 10.0 Å². The molecular weight excluding hydrogens is 407 g/mol. The Balaban J connectivity index is 1.61. The van der Waals surface area contributed by atoms with E-state index in [9.17, 15) is 17.6 Å². The molecule has 0 saturated carbocycles. The Morgan fingerprint density at radius 2 is 2.00 bits per heavy atom. The molecule has 0 aromatic heterocycles. The van der Waals surface area contributed by atoms with Crippen LogP contribution in [0.5, 0.6) is 5.75 Å². The largest absolute Gasteiger partial charge is 0.476 e. The molecule has 3 rings (SSSR count). The Morgan fingerprint density at radius 1 is 1.29 bits per heavy atom. The lowest BCUT2D eigenvalue weighted by Gasteiger charge is -2.34. The molecule has 9 heteroatoms. The number of fused-ring (bicyclic) bond motifs is 1. The van der Waals surface area contributed by atoms with Crippen molar-refractivity contribution in [1.82, 2.24) is 5.32 Å². The fourth-order valence-corrected chi connectivity index (χ4v) is 4.02. The van der Waals surface area contributed by atoms with Crippen molar-refractivity contribution in [2.45, 2.75) is 18.9 Å². The van der Waals surface area contributed by atoms with Gasteiger partial charge in [0, 0.05) is 11.6 Å². The van der Waals surface area contributed by atoms with E-state index in [0.29, 0.717) is 30.1 Å². The molecular formula is C19H20ClFN2O4S. The summed E-state index contributed by atoms with van der Waals surface area (Å²) in [6.45, 7) is 0.262. The summed E-state index contributed by atoms with van der Waals surface area (Å²) in [4.78, 5) is 12.5. The number of halogens is 2. The summed E-state index contributed by atoms with van der Waals surface area (Å²) >= 11 is 5.96. The highest BCUT2D eigenvalue weighted by atomic mass is 35.5. The standard InChI is InChI=1S/C19H20ClFN2O4S/c1-28(25,26)23-12-18(27-17-9-6-14(20)11-16(17)23)19(24)22-10-2-3-13-4-7-15(21)8-5-13/h4-9,11,18H,2-3,10,12H2,1H3,(H,22,24). The van der Waals surface area contributed by atoms with Gasteiger partial charge in [0.05, 0.1) is 18.5 Å². The number of benzene rings is 2. The van der Waals surface area contributed by atoms with Crippen molar-refractivity contribution in [3.8, 4) is 5.75 Å². The molecule has 1 amide bonds. The van der Waals surface area contributed by atoms with Gasteiger partial charge in [-0.2, -0.15) is 0 Å². The third-order valence-electron chi connectivity index (χ3n) is 4.34. The fourth-order valence-electron chi connectivity index (χ4n) is 2.94. The molecule has 28 heavy (non-hydrogen) atoms. The Kier molecular flexibility index (Phi) is 6.10. The number of carbonyl (C=O) groups excluding carboxylic acids is 1. The monoisotopic (exact) mass is 426 g/mol. The van der Waals surface area contributed by atoms with Gasteiger partial charge in [-0.3, -0.25) is 9.10 Å². The number of sulfonamides is 1. The van der Waals surface area contributed by atoms with Gasteiger partial charge in [-0.05, 0) is 48.7 Å². The van der Waals surface area contributed by atoms with E-state index in [0.717, 1.165) is 16.1 Å². The van der Waals surface area contributed by atoms with E-state index in [-0.39, 0.29) is 18.1 Å². The highest BCUT2D eigenvalue weighted by Crippen LogP contribution is 2.37. The van der Waals surface area contributed by atoms with Gasteiger partial charge >= 0.3 is 0 Å². The third-order valence-corrected chi connectivity index (χ3v) is 5.72. The van der Waals surface area contributed by atoms with Crippen molar-refractivity contribution < 1.29 is 22.3 Å². The van der Waals surface area contributed by atoms with Crippen LogP contribution < -0.4 is 14.4 Å². The Hall–Kier alpha value is -2.32. The predicted molar refractivity (Wildman–Crippen MR) is 106 cm³/mol. The highest BCUT2D eigenvalue weighted by Gasteiger charge is 2.35. The van der Waals surface area contributed by atoms with Crippen LogP contribution in [0.2, 0.25) is 5.02 Å². The van der Waals surface area contributed by atoms with E-state index >= 15 is 0 Å². The average molecular weight is 427 g/mol. The number of anilines is 1. The van der Waals surface area contributed by atoms with E-state index in [1.165, 1.54) is 18.2 Å². The number of amides is 1. The average Bonchev–Trinajstić information content (AvgIpc) is 2.64. The maximum Gasteiger partial charge on any atom is 0.263 e. The van der Waals surface area contributed by atoms with Crippen LogP contribution in [0.15, 0.2) is 42.5 Å². The Labute approximate surface area is 168 Å². The minimum atomic E-state index is -3.60. The van der Waals surface area contributed by atoms with Gasteiger partial charge in [-0.25, -0.2) is 12.8 Å². The van der Waals surface area contributed by atoms with Crippen LogP contribution in [0, 0.1) is 5.82 Å². The smallest absolute Gasteiger partial charge is 0.263 e. The van der Waals surface area contributed by atoms with Crippen molar-refractivity contribution in [2.75, 3.05) is 23.7 Å². The molecule has 2 aromatic carbocycles. The van der Waals surface area contributed by atoms with E-state index in [1.54, 1.807) is 24.3 Å². The van der Waals surface area contributed by atoms with Crippen LogP contribution in [-0.2, 0) is 21.2 Å². The molecule has 1 unspecified atom stereocenters. The van der Waals surface area contributed by atoms with Crippen LogP contribution in [0.25, 0.3) is 0 Å². The molecule has 1 aliphatic rings. The van der Waals surface area contributed by atoms with Gasteiger partial charge < -0.3 is 10.1 Å². The lowest BCUT2D eigenvalue weighted by Crippen LogP contribution is -2.50. The number of hydrogen-bond donors (Lipinski definition) is 1. The number of carbonyl (C=O) groups is 1. The minimum absolute atomic E-state index is 0.129. The lowest BCUT2D eigenvalue weighted by atomic mass is 10.1. The van der Waals surface area contributed by atoms with Crippen LogP contribution in [-0.4, -0.2) is 39.8 Å². The van der Waals surface area contributed by atoms with Gasteiger partial charge in [0.25, 0.3) is 5.91 Å². The lowest BCUT2D eigenvalue weighted by molar-refractivity contribution is -0.127. The molecule has 0 spiro atoms. The van der Waals surface area contributed by atoms with Gasteiger partial charge in [0.15, 0.2) is 6.10 Å². The molecule has 1 N–H and O–H groups in total. The fraction of sp³-hybridized carbons (Fsp3) is 0.316. The topological polar surface area (TPSA) is 75.7 Å². The SMILES string of the molecule is CS(=O)(=O)N1CC(C(=O)NCCCc2ccc(F)cc2)Oc2ccc(Cl)cc21. The summed E-state index contributed by atoms with van der Waals surface area (Å²) < 4.78 is 44.0. The third kappa shape index (κ3) is 4.94. The van der Waals surface area contributed by atoms with Crippen LogP contribution in [0.4, 0.5) is 10.1 Å². The maximum atomic E-state index is 12.9. The summed E-state index contributed by atoms with van der Waals surface area (Å²) in [5.74, 6) is -0.399. The summed E-state index contributed by atoms with van der Waals surface area (Å²) in [5, 5.41) is 3.14. The second-order valence-corrected chi connectivity index (χ2v) is 8.88. The molecule has 0 fully saturated rings. The summed E-state index contributed by atoms with van der Waals surface area (Å²) in [6.07, 6.45) is 1.45. The van der Waals surface area contributed by atoms with E-state index < -0.39 is 22.0 Å². The summed E-state index contributed by atoms with van der Waals surface area (Å²) in [7, 11) is -3.60. The molecule has 0 bridgehead atoms. The van der Waals surface area contributed by atoms with E-state index in [1.807, 2.05) is 0 Å². The highest BCUT2D eigenvalue weighted by molar-refractivity contribution is 7.92. The van der Waals surface area contributed by atoms with Crippen molar-refractivity contribution in [2.24, 2.45) is 0 Å². The zero-order chi connectivity index (χ0) is 20.3. The molecule has 0 radical (unpaired) electrons. The van der Waals surface area contributed by atoms with Crippen molar-refractivity contribution in [3.63, 3.8) is 0 Å². The van der Waals surface area contributed by atoms with Crippen molar-refractivity contribution >= 4 is 33.2 Å². The number of nitrogens with one attached hydrogen (secondary N) is 1. The quantitative estimate of drug-likeness (QED) is 0.721.